The summed E-state index contributed by atoms with van der Waals surface area (Å²) in [4.78, 5) is 45.9. The van der Waals surface area contributed by atoms with Crippen LogP contribution < -0.4 is 16.4 Å². The van der Waals surface area contributed by atoms with Crippen LogP contribution >= 0.6 is 11.6 Å². The number of aromatic nitrogens is 4. The fraction of sp³-hybridized carbons (Fsp3) is 0.393. The quantitative estimate of drug-likeness (QED) is 0.357. The SMILES string of the molecule is C#CCn1cc(-c2cnc(C(=O)Nc3ccc(C(=O)N4CCN(C(=O)NC5CC(N)C5)CC4)c(Cl)c3)n2C)c(C(F)(F)F)n1. The molecule has 5 rings (SSSR count). The van der Waals surface area contributed by atoms with Gasteiger partial charge in [-0.25, -0.2) is 9.78 Å². The molecular formula is C28H29ClF3N9O3. The number of urea groups is 1. The molecule has 0 spiro atoms. The average molecular weight is 632 g/mol. The normalized spacial score (nSPS) is 18.4. The number of nitrogens with one attached hydrogen (secondary N) is 2. The number of benzene rings is 1. The Morgan fingerprint density at radius 1 is 1.16 bits per heavy atom. The van der Waals surface area contributed by atoms with Gasteiger partial charge >= 0.3 is 12.2 Å². The maximum atomic E-state index is 13.6. The molecule has 4 amide bonds. The number of anilines is 1. The topological polar surface area (TPSA) is 143 Å². The van der Waals surface area contributed by atoms with Crippen LogP contribution in [0.25, 0.3) is 11.3 Å². The number of carbonyl (C=O) groups is 3. The molecule has 16 heteroatoms. The Kier molecular flexibility index (Phi) is 8.57. The monoisotopic (exact) mass is 631 g/mol. The van der Waals surface area contributed by atoms with Gasteiger partial charge < -0.3 is 30.7 Å². The first-order valence-electron chi connectivity index (χ1n) is 13.7. The van der Waals surface area contributed by atoms with Gasteiger partial charge in [0.1, 0.15) is 6.54 Å². The standard InChI is InChI=1S/C28H29ClF3N9O3/c1-3-6-41-15-20(23(37-41)28(30,31)32)22-14-34-24(38(22)2)25(42)35-17-4-5-19(21(29)13-17)26(43)39-7-9-40(10-8-39)27(44)36-18-11-16(33)12-18/h1,4-5,13-16,18H,6-12,33H2,2H3,(H,35,42)(H,36,44). The molecule has 1 aliphatic carbocycles. The van der Waals surface area contributed by atoms with Gasteiger partial charge in [-0.15, -0.1) is 6.42 Å². The molecular weight excluding hydrogens is 603 g/mol. The molecule has 1 saturated heterocycles. The van der Waals surface area contributed by atoms with Gasteiger partial charge in [0, 0.05) is 57.2 Å². The van der Waals surface area contributed by atoms with Crippen molar-refractivity contribution in [2.45, 2.75) is 37.6 Å². The van der Waals surface area contributed by atoms with Gasteiger partial charge in [-0.2, -0.15) is 18.3 Å². The Morgan fingerprint density at radius 2 is 1.84 bits per heavy atom. The summed E-state index contributed by atoms with van der Waals surface area (Å²) in [5.74, 6) is 1.03. The van der Waals surface area contributed by atoms with Gasteiger partial charge in [0.25, 0.3) is 11.8 Å². The van der Waals surface area contributed by atoms with Crippen LogP contribution in [0.4, 0.5) is 23.7 Å². The highest BCUT2D eigenvalue weighted by Gasteiger charge is 2.38. The molecule has 232 valence electrons. The number of piperazine rings is 1. The lowest BCUT2D eigenvalue weighted by molar-refractivity contribution is -0.141. The summed E-state index contributed by atoms with van der Waals surface area (Å²) < 4.78 is 43.1. The number of alkyl halides is 3. The van der Waals surface area contributed by atoms with Crippen LogP contribution in [0.15, 0.2) is 30.6 Å². The maximum absolute atomic E-state index is 13.6. The van der Waals surface area contributed by atoms with Crippen LogP contribution in [0, 0.1) is 12.3 Å². The third kappa shape index (κ3) is 6.36. The van der Waals surface area contributed by atoms with Gasteiger partial charge in [-0.3, -0.25) is 14.3 Å². The molecule has 1 aromatic carbocycles. The van der Waals surface area contributed by atoms with Gasteiger partial charge in [-0.05, 0) is 31.0 Å². The Balaban J connectivity index is 1.22. The first-order chi connectivity index (χ1) is 20.8. The average Bonchev–Trinajstić information content (AvgIpc) is 3.55. The van der Waals surface area contributed by atoms with E-state index < -0.39 is 17.8 Å². The lowest BCUT2D eigenvalue weighted by atomic mass is 9.88. The summed E-state index contributed by atoms with van der Waals surface area (Å²) in [5.41, 5.74) is 4.81. The molecule has 44 heavy (non-hydrogen) atoms. The number of nitrogens with zero attached hydrogens (tertiary/aromatic N) is 6. The number of halogens is 4. The van der Waals surface area contributed by atoms with Gasteiger partial charge in [0.05, 0.1) is 28.0 Å². The molecule has 0 unspecified atom stereocenters. The molecule has 3 aromatic rings. The molecule has 2 aromatic heterocycles. The van der Waals surface area contributed by atoms with E-state index in [9.17, 15) is 27.6 Å². The highest BCUT2D eigenvalue weighted by Crippen LogP contribution is 2.36. The van der Waals surface area contributed by atoms with E-state index in [-0.39, 0.29) is 63.9 Å². The summed E-state index contributed by atoms with van der Waals surface area (Å²) in [6, 6.07) is 4.39. The van der Waals surface area contributed by atoms with Crippen molar-refractivity contribution in [2.75, 3.05) is 31.5 Å². The zero-order valence-electron chi connectivity index (χ0n) is 23.6. The number of terminal acetylenes is 1. The van der Waals surface area contributed by atoms with Crippen molar-refractivity contribution in [3.8, 4) is 23.6 Å². The lowest BCUT2D eigenvalue weighted by Crippen LogP contribution is -2.57. The van der Waals surface area contributed by atoms with Crippen molar-refractivity contribution in [1.29, 1.82) is 0 Å². The van der Waals surface area contributed by atoms with Crippen molar-refractivity contribution in [2.24, 2.45) is 12.8 Å². The summed E-state index contributed by atoms with van der Waals surface area (Å²) >= 11 is 6.41. The van der Waals surface area contributed by atoms with Crippen LogP contribution in [-0.4, -0.2) is 85.2 Å². The molecule has 2 aliphatic rings. The van der Waals surface area contributed by atoms with Gasteiger partial charge in [0.2, 0.25) is 0 Å². The van der Waals surface area contributed by atoms with Crippen LogP contribution in [0.1, 0.15) is 39.5 Å². The highest BCUT2D eigenvalue weighted by atomic mass is 35.5. The first-order valence-corrected chi connectivity index (χ1v) is 14.0. The second-order valence-electron chi connectivity index (χ2n) is 10.6. The molecule has 4 N–H and O–H groups in total. The summed E-state index contributed by atoms with van der Waals surface area (Å²) in [7, 11) is 1.40. The number of hydrogen-bond acceptors (Lipinski definition) is 6. The first kappa shape index (κ1) is 30.9. The Morgan fingerprint density at radius 3 is 2.45 bits per heavy atom. The summed E-state index contributed by atoms with van der Waals surface area (Å²) in [6.07, 6.45) is 4.26. The number of hydrogen-bond donors (Lipinski definition) is 3. The summed E-state index contributed by atoms with van der Waals surface area (Å²) in [6.45, 7) is 1.21. The predicted molar refractivity (Wildman–Crippen MR) is 155 cm³/mol. The zero-order valence-corrected chi connectivity index (χ0v) is 24.3. The van der Waals surface area contributed by atoms with Crippen LogP contribution in [-0.2, 0) is 19.8 Å². The number of carbonyl (C=O) groups excluding carboxylic acids is 3. The zero-order chi connectivity index (χ0) is 31.8. The van der Waals surface area contributed by atoms with E-state index in [2.05, 4.69) is 26.6 Å². The van der Waals surface area contributed by atoms with E-state index in [0.29, 0.717) is 26.2 Å². The molecule has 2 fully saturated rings. The van der Waals surface area contributed by atoms with Crippen molar-refractivity contribution in [3.05, 3.63) is 52.7 Å². The van der Waals surface area contributed by atoms with E-state index in [0.717, 1.165) is 29.9 Å². The second kappa shape index (κ2) is 12.2. The third-order valence-electron chi connectivity index (χ3n) is 7.56. The summed E-state index contributed by atoms with van der Waals surface area (Å²) in [5, 5.41) is 9.19. The Hall–Kier alpha value is -4.55. The Bertz CT molecular complexity index is 1630. The van der Waals surface area contributed by atoms with E-state index in [1.165, 1.54) is 29.8 Å². The van der Waals surface area contributed by atoms with E-state index in [4.69, 9.17) is 23.8 Å². The van der Waals surface area contributed by atoms with Crippen molar-refractivity contribution in [1.82, 2.24) is 34.4 Å². The van der Waals surface area contributed by atoms with E-state index in [1.807, 2.05) is 0 Å². The fourth-order valence-corrected chi connectivity index (χ4v) is 5.41. The molecule has 12 nitrogen and oxygen atoms in total. The minimum Gasteiger partial charge on any atom is -0.335 e. The number of amides is 4. The van der Waals surface area contributed by atoms with Crippen LogP contribution in [0.3, 0.4) is 0 Å². The van der Waals surface area contributed by atoms with E-state index in [1.54, 1.807) is 9.80 Å². The molecule has 0 atom stereocenters. The van der Waals surface area contributed by atoms with Crippen molar-refractivity contribution < 1.29 is 27.6 Å². The van der Waals surface area contributed by atoms with Crippen molar-refractivity contribution >= 4 is 35.1 Å². The largest absolute Gasteiger partial charge is 0.435 e. The van der Waals surface area contributed by atoms with E-state index >= 15 is 0 Å². The number of imidazole rings is 1. The van der Waals surface area contributed by atoms with Crippen LogP contribution in [0.2, 0.25) is 5.02 Å². The third-order valence-corrected chi connectivity index (χ3v) is 7.88. The minimum atomic E-state index is -4.76. The maximum Gasteiger partial charge on any atom is 0.435 e. The number of rotatable bonds is 6. The van der Waals surface area contributed by atoms with Gasteiger partial charge in [0.15, 0.2) is 11.5 Å². The van der Waals surface area contributed by atoms with Crippen LogP contribution in [0.5, 0.6) is 0 Å². The smallest absolute Gasteiger partial charge is 0.335 e. The fourth-order valence-electron chi connectivity index (χ4n) is 5.15. The minimum absolute atomic E-state index is 0.00883. The van der Waals surface area contributed by atoms with Gasteiger partial charge in [-0.1, -0.05) is 17.5 Å². The predicted octanol–water partition coefficient (Wildman–Crippen LogP) is 2.80. The molecule has 3 heterocycles. The highest BCUT2D eigenvalue weighted by molar-refractivity contribution is 6.34. The number of nitrogens with two attached hydrogens (primary N) is 1. The molecule has 1 saturated carbocycles. The lowest BCUT2D eigenvalue weighted by Gasteiger charge is -2.38. The molecule has 1 aliphatic heterocycles. The Labute approximate surface area is 255 Å². The van der Waals surface area contributed by atoms with Crippen molar-refractivity contribution in [3.63, 3.8) is 0 Å². The molecule has 0 radical (unpaired) electrons. The molecule has 0 bridgehead atoms. The second-order valence-corrected chi connectivity index (χ2v) is 11.0.